The number of nitrogens with zero attached hydrogens (tertiary/aromatic N) is 2. The second kappa shape index (κ2) is 7.91. The number of thioether (sulfide) groups is 4. The fourth-order valence-electron chi connectivity index (χ4n) is 1.89. The molecule has 0 unspecified atom stereocenters. The number of phenols is 1. The minimum absolute atomic E-state index is 0.207. The summed E-state index contributed by atoms with van der Waals surface area (Å²) in [5.41, 5.74) is 0.660. The molecule has 0 spiro atoms. The topological polar surface area (TPSA) is 45.0 Å². The molecule has 7 heteroatoms. The fraction of sp³-hybridized carbons (Fsp3) is 0.176. The van der Waals surface area contributed by atoms with Gasteiger partial charge in [-0.2, -0.15) is 10.2 Å². The number of phenolic OH excluding ortho intramolecular Hbond substituents is 1. The number of para-hydroxylation sites is 1. The molecule has 2 heterocycles. The van der Waals surface area contributed by atoms with Crippen LogP contribution in [0, 0.1) is 0 Å². The van der Waals surface area contributed by atoms with E-state index in [0.717, 1.165) is 4.91 Å². The molecule has 0 radical (unpaired) electrons. The minimum Gasteiger partial charge on any atom is -0.507 e. The first-order chi connectivity index (χ1) is 11.5. The lowest BCUT2D eigenvalue weighted by Crippen LogP contribution is -1.81. The lowest BCUT2D eigenvalue weighted by atomic mass is 10.2. The summed E-state index contributed by atoms with van der Waals surface area (Å²) < 4.78 is 2.69. The Bertz CT molecular complexity index is 806. The van der Waals surface area contributed by atoms with Crippen molar-refractivity contribution in [2.45, 2.75) is 20.8 Å². The van der Waals surface area contributed by atoms with Gasteiger partial charge in [0.05, 0.1) is 20.9 Å². The van der Waals surface area contributed by atoms with Gasteiger partial charge in [-0.1, -0.05) is 59.2 Å². The van der Waals surface area contributed by atoms with Crippen molar-refractivity contribution in [2.75, 3.05) is 0 Å². The maximum atomic E-state index is 9.69. The summed E-state index contributed by atoms with van der Waals surface area (Å²) in [5.74, 6) is 0.207. The zero-order valence-corrected chi connectivity index (χ0v) is 16.7. The van der Waals surface area contributed by atoms with E-state index in [1.54, 1.807) is 54.2 Å². The molecule has 2 aliphatic heterocycles. The Morgan fingerprint density at radius 3 is 2.08 bits per heavy atom. The Kier molecular flexibility index (Phi) is 5.86. The van der Waals surface area contributed by atoms with E-state index in [4.69, 9.17) is 0 Å². The van der Waals surface area contributed by atoms with Crippen LogP contribution in [0.25, 0.3) is 0 Å². The Labute approximate surface area is 158 Å². The normalized spacial score (nSPS) is 19.0. The maximum absolute atomic E-state index is 9.69. The third kappa shape index (κ3) is 4.14. The molecule has 1 aromatic carbocycles. The highest BCUT2D eigenvalue weighted by Gasteiger charge is 2.25. The zero-order valence-electron chi connectivity index (χ0n) is 13.4. The van der Waals surface area contributed by atoms with E-state index in [2.05, 4.69) is 31.0 Å². The molecule has 124 valence electrons. The summed E-state index contributed by atoms with van der Waals surface area (Å²) in [6.07, 6.45) is 3.35. The average molecular weight is 393 g/mol. The van der Waals surface area contributed by atoms with Crippen LogP contribution in [0.15, 0.2) is 62.6 Å². The van der Waals surface area contributed by atoms with Gasteiger partial charge in [-0.3, -0.25) is 0 Å². The second-order valence-corrected chi connectivity index (χ2v) is 10.3. The van der Waals surface area contributed by atoms with Gasteiger partial charge in [0.15, 0.2) is 0 Å². The first kappa shape index (κ1) is 17.8. The van der Waals surface area contributed by atoms with Crippen LogP contribution < -0.4 is 0 Å². The molecule has 1 aromatic rings. The largest absolute Gasteiger partial charge is 0.507 e. The molecule has 1 N–H and O–H groups in total. The molecule has 0 fully saturated rings. The molecule has 0 saturated heterocycles. The lowest BCUT2D eigenvalue weighted by molar-refractivity contribution is 0.474. The molecule has 0 saturated carbocycles. The summed E-state index contributed by atoms with van der Waals surface area (Å²) in [6.45, 7) is 6.44. The molecule has 2 aliphatic rings. The van der Waals surface area contributed by atoms with Crippen molar-refractivity contribution in [3.63, 3.8) is 0 Å². The zero-order chi connectivity index (χ0) is 17.1. The van der Waals surface area contributed by atoms with Crippen LogP contribution in [0.5, 0.6) is 5.75 Å². The van der Waals surface area contributed by atoms with Crippen molar-refractivity contribution >= 4 is 59.5 Å². The van der Waals surface area contributed by atoms with Crippen molar-refractivity contribution in [1.29, 1.82) is 0 Å². The first-order valence-corrected chi connectivity index (χ1v) is 10.5. The highest BCUT2D eigenvalue weighted by Crippen LogP contribution is 2.59. The van der Waals surface area contributed by atoms with Crippen LogP contribution in [0.2, 0.25) is 0 Å². The summed E-state index contributed by atoms with van der Waals surface area (Å²) in [6, 6.07) is 7.07. The molecule has 24 heavy (non-hydrogen) atoms. The first-order valence-electron chi connectivity index (χ1n) is 7.23. The monoisotopic (exact) mass is 392 g/mol. The molecule has 0 bridgehead atoms. The number of aromatic hydroxyl groups is 1. The van der Waals surface area contributed by atoms with Crippen molar-refractivity contribution in [2.24, 2.45) is 10.2 Å². The van der Waals surface area contributed by atoms with E-state index in [0.29, 0.717) is 5.56 Å². The van der Waals surface area contributed by atoms with Crippen molar-refractivity contribution < 1.29 is 5.11 Å². The van der Waals surface area contributed by atoms with Crippen LogP contribution >= 0.6 is 47.0 Å². The summed E-state index contributed by atoms with van der Waals surface area (Å²) >= 11 is 7.26. The maximum Gasteiger partial charge on any atom is 0.124 e. The standard InChI is InChI=1S/C17H16N2OS4/c1-10-11(2)22-16(21-10)17-23-12(3)15(24-17)9-19-18-8-13-6-4-5-7-14(13)20/h4-9,20H,1-3H3/b18-8+,19-9+. The fourth-order valence-corrected chi connectivity index (χ4v) is 7.17. The highest BCUT2D eigenvalue weighted by atomic mass is 32.2. The van der Waals surface area contributed by atoms with Crippen molar-refractivity contribution in [3.05, 3.63) is 57.9 Å². The van der Waals surface area contributed by atoms with Crippen LogP contribution in [-0.2, 0) is 0 Å². The van der Waals surface area contributed by atoms with E-state index in [9.17, 15) is 5.11 Å². The molecule has 3 nitrogen and oxygen atoms in total. The van der Waals surface area contributed by atoms with Gasteiger partial charge in [-0.15, -0.1) is 0 Å². The SMILES string of the molecule is CC1=C(C)SC(=C2SC(C)=C(/C=N/N=C/c3ccccc3O)S2)S1. The van der Waals surface area contributed by atoms with Crippen molar-refractivity contribution in [3.8, 4) is 5.75 Å². The molecule has 0 aliphatic carbocycles. The van der Waals surface area contributed by atoms with Gasteiger partial charge >= 0.3 is 0 Å². The molecular weight excluding hydrogens is 376 g/mol. The van der Waals surface area contributed by atoms with Gasteiger partial charge in [-0.05, 0) is 42.7 Å². The summed E-state index contributed by atoms with van der Waals surface area (Å²) in [4.78, 5) is 5.14. The Morgan fingerprint density at radius 1 is 0.792 bits per heavy atom. The second-order valence-electron chi connectivity index (χ2n) is 5.06. The Hall–Kier alpha value is -1.02. The third-order valence-corrected chi connectivity index (χ3v) is 9.04. The molecule has 0 amide bonds. The van der Waals surface area contributed by atoms with Gasteiger partial charge in [0.2, 0.25) is 0 Å². The van der Waals surface area contributed by atoms with Gasteiger partial charge in [-0.25, -0.2) is 0 Å². The Morgan fingerprint density at radius 2 is 1.38 bits per heavy atom. The predicted molar refractivity (Wildman–Crippen MR) is 113 cm³/mol. The molecule has 3 rings (SSSR count). The smallest absolute Gasteiger partial charge is 0.124 e. The van der Waals surface area contributed by atoms with Gasteiger partial charge in [0, 0.05) is 15.4 Å². The number of hydrogen-bond acceptors (Lipinski definition) is 7. The van der Waals surface area contributed by atoms with E-state index in [1.807, 2.05) is 29.6 Å². The van der Waals surface area contributed by atoms with Crippen LogP contribution in [-0.4, -0.2) is 17.5 Å². The Balaban J connectivity index is 1.65. The highest BCUT2D eigenvalue weighted by molar-refractivity contribution is 8.34. The summed E-state index contributed by atoms with van der Waals surface area (Å²) in [7, 11) is 0. The van der Waals surface area contributed by atoms with Crippen molar-refractivity contribution in [1.82, 2.24) is 0 Å². The van der Waals surface area contributed by atoms with E-state index >= 15 is 0 Å². The number of benzene rings is 1. The number of allylic oxidation sites excluding steroid dienone is 4. The number of rotatable bonds is 3. The summed E-state index contributed by atoms with van der Waals surface area (Å²) in [5, 5.41) is 17.9. The van der Waals surface area contributed by atoms with E-state index < -0.39 is 0 Å². The molecule has 0 aromatic heterocycles. The molecule has 0 atom stereocenters. The number of hydrogen-bond donors (Lipinski definition) is 1. The predicted octanol–water partition coefficient (Wildman–Crippen LogP) is 6.37. The average Bonchev–Trinajstić information content (AvgIpc) is 3.09. The lowest BCUT2D eigenvalue weighted by Gasteiger charge is -2.00. The van der Waals surface area contributed by atoms with Crippen LogP contribution in [0.3, 0.4) is 0 Å². The quantitative estimate of drug-likeness (QED) is 0.478. The van der Waals surface area contributed by atoms with Gasteiger partial charge < -0.3 is 5.11 Å². The van der Waals surface area contributed by atoms with E-state index in [1.165, 1.54) is 23.2 Å². The van der Waals surface area contributed by atoms with Crippen LogP contribution in [0.4, 0.5) is 0 Å². The third-order valence-electron chi connectivity index (χ3n) is 3.32. The van der Waals surface area contributed by atoms with E-state index in [-0.39, 0.29) is 5.75 Å². The van der Waals surface area contributed by atoms with Gasteiger partial charge in [0.25, 0.3) is 0 Å². The molecular formula is C17H16N2OS4. The minimum atomic E-state index is 0.207. The van der Waals surface area contributed by atoms with Gasteiger partial charge in [0.1, 0.15) is 5.75 Å². The van der Waals surface area contributed by atoms with Crippen LogP contribution in [0.1, 0.15) is 26.3 Å².